The number of carbonyl (C=O) groups is 2. The second kappa shape index (κ2) is 8.88. The number of pyridine rings is 1. The highest BCUT2D eigenvalue weighted by molar-refractivity contribution is 5.75. The standard InChI is InChI=1S/C13H11N5O2.C3H3F3O2/c19-11(20)3-7-17-5-1-10(2-6-17)12-13-14-4-8-18(13)16-9-15-12;1-8-2(7)3(4,5)6/h1-2,4-6,8-9H,3,7H2;1H3/p+1. The molecule has 0 unspecified atom stereocenters. The molecule has 0 amide bonds. The van der Waals surface area contributed by atoms with Crippen molar-refractivity contribution in [3.63, 3.8) is 0 Å². The summed E-state index contributed by atoms with van der Waals surface area (Å²) in [6, 6.07) is 3.78. The number of alkyl halides is 3. The maximum Gasteiger partial charge on any atom is 0.490 e. The van der Waals surface area contributed by atoms with Crippen molar-refractivity contribution < 1.29 is 37.2 Å². The number of carboxylic acid groups (broad SMARTS) is 1. The normalized spacial score (nSPS) is 10.9. The molecule has 0 aliphatic carbocycles. The number of ether oxygens (including phenoxy) is 1. The highest BCUT2D eigenvalue weighted by atomic mass is 19.4. The van der Waals surface area contributed by atoms with Crippen molar-refractivity contribution in [2.24, 2.45) is 0 Å². The average molecular weight is 398 g/mol. The van der Waals surface area contributed by atoms with E-state index in [2.05, 4.69) is 19.8 Å². The Morgan fingerprint density at radius 1 is 1.25 bits per heavy atom. The van der Waals surface area contributed by atoms with Gasteiger partial charge in [0, 0.05) is 30.1 Å². The van der Waals surface area contributed by atoms with Crippen molar-refractivity contribution in [2.45, 2.75) is 19.1 Å². The van der Waals surface area contributed by atoms with Gasteiger partial charge >= 0.3 is 18.1 Å². The van der Waals surface area contributed by atoms with Crippen molar-refractivity contribution in [3.8, 4) is 11.3 Å². The number of hydrogen-bond donors (Lipinski definition) is 1. The summed E-state index contributed by atoms with van der Waals surface area (Å²) in [6.45, 7) is 0.443. The van der Waals surface area contributed by atoms with Crippen molar-refractivity contribution >= 4 is 17.6 Å². The number of imidazole rings is 1. The highest BCUT2D eigenvalue weighted by Crippen LogP contribution is 2.18. The number of carbonyl (C=O) groups excluding carboxylic acids is 1. The van der Waals surface area contributed by atoms with E-state index in [9.17, 15) is 22.8 Å². The lowest BCUT2D eigenvalue weighted by Crippen LogP contribution is -2.33. The van der Waals surface area contributed by atoms with Crippen LogP contribution in [-0.4, -0.2) is 49.9 Å². The van der Waals surface area contributed by atoms with Crippen LogP contribution in [0, 0.1) is 0 Å². The molecular formula is C16H15F3N5O4+. The van der Waals surface area contributed by atoms with Gasteiger partial charge in [0.2, 0.25) is 0 Å². The lowest BCUT2D eigenvalue weighted by atomic mass is 10.2. The number of fused-ring (bicyclic) bond motifs is 1. The highest BCUT2D eigenvalue weighted by Gasteiger charge is 2.40. The average Bonchev–Trinajstić information content (AvgIpc) is 3.14. The van der Waals surface area contributed by atoms with Gasteiger partial charge in [-0.2, -0.15) is 18.3 Å². The lowest BCUT2D eigenvalue weighted by molar-refractivity contribution is -0.695. The first-order valence-corrected chi connectivity index (χ1v) is 7.73. The summed E-state index contributed by atoms with van der Waals surface area (Å²) in [4.78, 5) is 28.5. The van der Waals surface area contributed by atoms with Crippen LogP contribution in [0.15, 0.2) is 43.2 Å². The molecular weight excluding hydrogens is 383 g/mol. The topological polar surface area (TPSA) is 111 Å². The van der Waals surface area contributed by atoms with E-state index in [0.29, 0.717) is 19.3 Å². The Kier molecular flexibility index (Phi) is 6.58. The number of methoxy groups -OCH3 is 1. The smallest absolute Gasteiger partial charge is 0.481 e. The minimum absolute atomic E-state index is 0.0992. The summed E-state index contributed by atoms with van der Waals surface area (Å²) < 4.78 is 39.8. The van der Waals surface area contributed by atoms with Crippen LogP contribution in [0.2, 0.25) is 0 Å². The summed E-state index contributed by atoms with van der Waals surface area (Å²) >= 11 is 0. The summed E-state index contributed by atoms with van der Waals surface area (Å²) in [5, 5.41) is 12.7. The van der Waals surface area contributed by atoms with Gasteiger partial charge in [-0.15, -0.1) is 0 Å². The molecule has 1 N–H and O–H groups in total. The van der Waals surface area contributed by atoms with Crippen LogP contribution in [0.1, 0.15) is 6.42 Å². The molecule has 3 rings (SSSR count). The molecule has 28 heavy (non-hydrogen) atoms. The van der Waals surface area contributed by atoms with E-state index < -0.39 is 18.1 Å². The Hall–Kier alpha value is -3.57. The fraction of sp³-hybridized carbons (Fsp3) is 0.250. The lowest BCUT2D eigenvalue weighted by Gasteiger charge is -2.01. The minimum atomic E-state index is -4.85. The van der Waals surface area contributed by atoms with Crippen LogP contribution < -0.4 is 4.57 Å². The number of nitrogens with zero attached hydrogens (tertiary/aromatic N) is 5. The molecule has 0 fully saturated rings. The molecule has 0 aliphatic heterocycles. The zero-order valence-corrected chi connectivity index (χ0v) is 14.5. The molecule has 0 spiro atoms. The first-order valence-electron chi connectivity index (χ1n) is 7.73. The molecule has 3 aromatic heterocycles. The minimum Gasteiger partial charge on any atom is -0.481 e. The molecule has 0 bridgehead atoms. The maximum atomic E-state index is 11.0. The van der Waals surface area contributed by atoms with E-state index in [-0.39, 0.29) is 6.42 Å². The van der Waals surface area contributed by atoms with Crippen molar-refractivity contribution in [1.29, 1.82) is 0 Å². The molecule has 9 nitrogen and oxygen atoms in total. The predicted molar refractivity (Wildman–Crippen MR) is 86.7 cm³/mol. The summed E-state index contributed by atoms with van der Waals surface area (Å²) in [5.74, 6) is -2.98. The molecule has 0 radical (unpaired) electrons. The van der Waals surface area contributed by atoms with Crippen LogP contribution in [0.3, 0.4) is 0 Å². The molecule has 3 heterocycles. The predicted octanol–water partition coefficient (Wildman–Crippen LogP) is 1.28. The van der Waals surface area contributed by atoms with E-state index in [0.717, 1.165) is 11.3 Å². The second-order valence-electron chi connectivity index (χ2n) is 5.26. The molecule has 0 atom stereocenters. The molecule has 0 aliphatic rings. The van der Waals surface area contributed by atoms with Crippen LogP contribution in [0.25, 0.3) is 16.9 Å². The number of halogens is 3. The Morgan fingerprint density at radius 3 is 2.46 bits per heavy atom. The van der Waals surface area contributed by atoms with E-state index in [1.807, 2.05) is 29.1 Å². The Bertz CT molecular complexity index is 957. The van der Waals surface area contributed by atoms with Gasteiger partial charge in [0.15, 0.2) is 24.6 Å². The molecule has 148 valence electrons. The first kappa shape index (κ1) is 20.7. The largest absolute Gasteiger partial charge is 0.490 e. The number of esters is 1. The Morgan fingerprint density at radius 2 is 1.93 bits per heavy atom. The first-order chi connectivity index (χ1) is 13.2. The van der Waals surface area contributed by atoms with E-state index in [4.69, 9.17) is 5.11 Å². The van der Waals surface area contributed by atoms with E-state index >= 15 is 0 Å². The van der Waals surface area contributed by atoms with Crippen LogP contribution >= 0.6 is 0 Å². The zero-order valence-electron chi connectivity index (χ0n) is 14.5. The molecule has 0 saturated heterocycles. The van der Waals surface area contributed by atoms with E-state index in [1.54, 1.807) is 16.9 Å². The second-order valence-corrected chi connectivity index (χ2v) is 5.26. The zero-order chi connectivity index (χ0) is 20.7. The molecule has 12 heteroatoms. The third kappa shape index (κ3) is 5.46. The van der Waals surface area contributed by atoms with Crippen LogP contribution in [0.5, 0.6) is 0 Å². The third-order valence-corrected chi connectivity index (χ3v) is 3.36. The van der Waals surface area contributed by atoms with Gasteiger partial charge in [-0.3, -0.25) is 4.79 Å². The Labute approximate surface area is 156 Å². The monoisotopic (exact) mass is 398 g/mol. The van der Waals surface area contributed by atoms with Gasteiger partial charge in [0.1, 0.15) is 18.4 Å². The number of aromatic nitrogens is 5. The van der Waals surface area contributed by atoms with Gasteiger partial charge in [-0.25, -0.2) is 23.8 Å². The summed E-state index contributed by atoms with van der Waals surface area (Å²) in [6.07, 6.45) is 3.83. The van der Waals surface area contributed by atoms with Crippen LogP contribution in [-0.2, 0) is 20.9 Å². The SMILES string of the molecule is COC(=O)C(F)(F)F.O=C(O)CC[n+]1ccc(-c2ncnn3ccnc23)cc1. The maximum absolute atomic E-state index is 11.0. The third-order valence-electron chi connectivity index (χ3n) is 3.36. The fourth-order valence-corrected chi connectivity index (χ4v) is 2.06. The summed E-state index contributed by atoms with van der Waals surface area (Å²) in [5.41, 5.74) is 2.35. The quantitative estimate of drug-likeness (QED) is 0.521. The summed E-state index contributed by atoms with van der Waals surface area (Å²) in [7, 11) is 0.676. The van der Waals surface area contributed by atoms with Gasteiger partial charge in [-0.1, -0.05) is 0 Å². The van der Waals surface area contributed by atoms with Crippen LogP contribution in [0.4, 0.5) is 13.2 Å². The van der Waals surface area contributed by atoms with Gasteiger partial charge < -0.3 is 9.84 Å². The number of hydrogen-bond acceptors (Lipinski definition) is 6. The number of carboxylic acids is 1. The van der Waals surface area contributed by atoms with E-state index in [1.165, 1.54) is 6.33 Å². The molecule has 0 aromatic carbocycles. The van der Waals surface area contributed by atoms with Gasteiger partial charge in [0.05, 0.1) is 7.11 Å². The van der Waals surface area contributed by atoms with Crippen molar-refractivity contribution in [2.75, 3.05) is 7.11 Å². The molecule has 3 aromatic rings. The number of aryl methyl sites for hydroxylation is 1. The fourth-order valence-electron chi connectivity index (χ4n) is 2.06. The van der Waals surface area contributed by atoms with Crippen molar-refractivity contribution in [1.82, 2.24) is 19.6 Å². The van der Waals surface area contributed by atoms with Gasteiger partial charge in [0.25, 0.3) is 0 Å². The number of rotatable bonds is 4. The Balaban J connectivity index is 0.000000300. The number of aliphatic carboxylic acids is 1. The van der Waals surface area contributed by atoms with Gasteiger partial charge in [-0.05, 0) is 0 Å². The van der Waals surface area contributed by atoms with Crippen molar-refractivity contribution in [3.05, 3.63) is 43.2 Å². The molecule has 0 saturated carbocycles.